The normalized spacial score (nSPS) is 19.0. The first-order valence-electron chi connectivity index (χ1n) is 9.20. The second kappa shape index (κ2) is 8.99. The number of likely N-dealkylation sites (tertiary alicyclic amines) is 1. The highest BCUT2D eigenvalue weighted by Gasteiger charge is 2.39. The Bertz CT molecular complexity index is 574. The summed E-state index contributed by atoms with van der Waals surface area (Å²) >= 11 is 0. The maximum atomic E-state index is 13.0. The van der Waals surface area contributed by atoms with Crippen molar-refractivity contribution in [2.24, 2.45) is 5.92 Å². The average molecular weight is 345 g/mol. The van der Waals surface area contributed by atoms with Crippen LogP contribution in [0.4, 0.5) is 0 Å². The minimum Gasteiger partial charge on any atom is -0.358 e. The lowest BCUT2D eigenvalue weighted by molar-refractivity contribution is -0.138. The van der Waals surface area contributed by atoms with Crippen LogP contribution in [0.15, 0.2) is 30.3 Å². The minimum atomic E-state index is -0.230. The fourth-order valence-corrected chi connectivity index (χ4v) is 3.62. The Morgan fingerprint density at radius 3 is 2.56 bits per heavy atom. The lowest BCUT2D eigenvalue weighted by atomic mass is 10.0. The third-order valence-electron chi connectivity index (χ3n) is 4.86. The van der Waals surface area contributed by atoms with Crippen molar-refractivity contribution in [2.45, 2.75) is 51.7 Å². The summed E-state index contributed by atoms with van der Waals surface area (Å²) < 4.78 is 0. The zero-order chi connectivity index (χ0) is 18.4. The number of hydrogen-bond acceptors (Lipinski definition) is 3. The molecule has 1 fully saturated rings. The van der Waals surface area contributed by atoms with Crippen LogP contribution in [-0.2, 0) is 16.1 Å². The van der Waals surface area contributed by atoms with Crippen molar-refractivity contribution in [1.29, 1.82) is 0 Å². The standard InChI is InChI=1S/C20H31N3O2/c1-15(2)13-18(19(24)21-3)23-12-8-11-17(23)20(25)22(4)14-16-9-6-5-7-10-16/h5-7,9-10,15,17-18H,8,11-14H2,1-4H3,(H,21,24). The van der Waals surface area contributed by atoms with E-state index in [2.05, 4.69) is 24.1 Å². The van der Waals surface area contributed by atoms with Crippen LogP contribution in [-0.4, -0.2) is 54.3 Å². The third kappa shape index (κ3) is 5.05. The molecule has 2 unspecified atom stereocenters. The Morgan fingerprint density at radius 2 is 1.96 bits per heavy atom. The van der Waals surface area contributed by atoms with Gasteiger partial charge in [-0.1, -0.05) is 44.2 Å². The maximum Gasteiger partial charge on any atom is 0.239 e. The summed E-state index contributed by atoms with van der Waals surface area (Å²) in [5, 5.41) is 2.77. The van der Waals surface area contributed by atoms with Gasteiger partial charge < -0.3 is 10.2 Å². The molecule has 1 heterocycles. The summed E-state index contributed by atoms with van der Waals surface area (Å²) in [6.07, 6.45) is 2.55. The van der Waals surface area contributed by atoms with Crippen LogP contribution in [0.2, 0.25) is 0 Å². The van der Waals surface area contributed by atoms with Crippen LogP contribution >= 0.6 is 0 Å². The number of nitrogens with zero attached hydrogens (tertiary/aromatic N) is 2. The summed E-state index contributed by atoms with van der Waals surface area (Å²) in [6.45, 7) is 5.63. The minimum absolute atomic E-state index is 0.0131. The molecule has 1 aromatic rings. The molecule has 2 amide bonds. The molecule has 0 bridgehead atoms. The van der Waals surface area contributed by atoms with Gasteiger partial charge in [-0.2, -0.15) is 0 Å². The number of nitrogens with one attached hydrogen (secondary N) is 1. The van der Waals surface area contributed by atoms with Gasteiger partial charge in [0.2, 0.25) is 11.8 Å². The smallest absolute Gasteiger partial charge is 0.239 e. The summed E-state index contributed by atoms with van der Waals surface area (Å²) in [5.74, 6) is 0.527. The summed E-state index contributed by atoms with van der Waals surface area (Å²) in [4.78, 5) is 29.3. The van der Waals surface area contributed by atoms with Crippen LogP contribution in [0.3, 0.4) is 0 Å². The number of hydrogen-bond donors (Lipinski definition) is 1. The number of benzene rings is 1. The Morgan fingerprint density at radius 1 is 1.28 bits per heavy atom. The molecule has 0 radical (unpaired) electrons. The van der Waals surface area contributed by atoms with E-state index >= 15 is 0 Å². The second-order valence-electron chi connectivity index (χ2n) is 7.34. The van der Waals surface area contributed by atoms with Gasteiger partial charge in [0, 0.05) is 20.6 Å². The van der Waals surface area contributed by atoms with E-state index in [9.17, 15) is 9.59 Å². The van der Waals surface area contributed by atoms with Crippen molar-refractivity contribution in [3.8, 4) is 0 Å². The van der Waals surface area contributed by atoms with E-state index in [1.807, 2.05) is 37.4 Å². The molecule has 0 aliphatic carbocycles. The quantitative estimate of drug-likeness (QED) is 0.825. The van der Waals surface area contributed by atoms with Gasteiger partial charge in [-0.3, -0.25) is 14.5 Å². The molecule has 0 aromatic heterocycles. The van der Waals surface area contributed by atoms with E-state index in [0.29, 0.717) is 12.5 Å². The van der Waals surface area contributed by atoms with Crippen molar-refractivity contribution in [2.75, 3.05) is 20.6 Å². The third-order valence-corrected chi connectivity index (χ3v) is 4.86. The van der Waals surface area contributed by atoms with Gasteiger partial charge in [0.05, 0.1) is 12.1 Å². The molecule has 1 saturated heterocycles. The zero-order valence-corrected chi connectivity index (χ0v) is 15.9. The van der Waals surface area contributed by atoms with Crippen molar-refractivity contribution in [3.05, 3.63) is 35.9 Å². The number of amides is 2. The second-order valence-corrected chi connectivity index (χ2v) is 7.34. The van der Waals surface area contributed by atoms with Crippen molar-refractivity contribution < 1.29 is 9.59 Å². The summed E-state index contributed by atoms with van der Waals surface area (Å²) in [5.41, 5.74) is 1.12. The first-order valence-corrected chi connectivity index (χ1v) is 9.20. The van der Waals surface area contributed by atoms with E-state index in [1.165, 1.54) is 0 Å². The topological polar surface area (TPSA) is 52.7 Å². The monoisotopic (exact) mass is 345 g/mol. The van der Waals surface area contributed by atoms with Gasteiger partial charge >= 0.3 is 0 Å². The molecule has 2 rings (SSSR count). The van der Waals surface area contributed by atoms with Gasteiger partial charge in [-0.25, -0.2) is 0 Å². The summed E-state index contributed by atoms with van der Waals surface area (Å²) in [7, 11) is 3.52. The van der Waals surface area contributed by atoms with Gasteiger partial charge in [0.25, 0.3) is 0 Å². The van der Waals surface area contributed by atoms with Crippen LogP contribution in [0.5, 0.6) is 0 Å². The average Bonchev–Trinajstić information content (AvgIpc) is 3.08. The van der Waals surface area contributed by atoms with E-state index in [-0.39, 0.29) is 23.9 Å². The number of likely N-dealkylation sites (N-methyl/N-ethyl adjacent to an activating group) is 2. The molecular formula is C20H31N3O2. The van der Waals surface area contributed by atoms with Crippen molar-refractivity contribution in [1.82, 2.24) is 15.1 Å². The van der Waals surface area contributed by atoms with E-state index in [0.717, 1.165) is 31.4 Å². The highest BCUT2D eigenvalue weighted by Crippen LogP contribution is 2.25. The molecule has 2 atom stereocenters. The van der Waals surface area contributed by atoms with Crippen molar-refractivity contribution in [3.63, 3.8) is 0 Å². The molecule has 0 spiro atoms. The van der Waals surface area contributed by atoms with E-state index < -0.39 is 0 Å². The van der Waals surface area contributed by atoms with Gasteiger partial charge in [0.15, 0.2) is 0 Å². The predicted molar refractivity (Wildman–Crippen MR) is 100.0 cm³/mol. The molecule has 1 N–H and O–H groups in total. The number of carbonyl (C=O) groups excluding carboxylic acids is 2. The summed E-state index contributed by atoms with van der Waals surface area (Å²) in [6, 6.07) is 9.58. The first-order chi connectivity index (χ1) is 11.9. The molecular weight excluding hydrogens is 314 g/mol. The fourth-order valence-electron chi connectivity index (χ4n) is 3.62. The molecule has 5 heteroatoms. The number of rotatable bonds is 7. The largest absolute Gasteiger partial charge is 0.358 e. The molecule has 1 aliphatic rings. The van der Waals surface area contributed by atoms with Gasteiger partial charge in [-0.05, 0) is 37.3 Å². The van der Waals surface area contributed by atoms with E-state index in [4.69, 9.17) is 0 Å². The Hall–Kier alpha value is -1.88. The van der Waals surface area contributed by atoms with Crippen LogP contribution in [0.25, 0.3) is 0 Å². The molecule has 138 valence electrons. The number of carbonyl (C=O) groups is 2. The van der Waals surface area contributed by atoms with Crippen LogP contribution in [0.1, 0.15) is 38.7 Å². The Kier molecular flexibility index (Phi) is 7.00. The predicted octanol–water partition coefficient (Wildman–Crippen LogP) is 2.27. The van der Waals surface area contributed by atoms with Crippen LogP contribution < -0.4 is 5.32 Å². The van der Waals surface area contributed by atoms with Crippen molar-refractivity contribution >= 4 is 11.8 Å². The zero-order valence-electron chi connectivity index (χ0n) is 15.9. The maximum absolute atomic E-state index is 13.0. The molecule has 5 nitrogen and oxygen atoms in total. The van der Waals surface area contributed by atoms with Gasteiger partial charge in [0.1, 0.15) is 0 Å². The first kappa shape index (κ1) is 19.4. The lowest BCUT2D eigenvalue weighted by Gasteiger charge is -2.34. The van der Waals surface area contributed by atoms with Crippen LogP contribution in [0, 0.1) is 5.92 Å². The SMILES string of the molecule is CNC(=O)C(CC(C)C)N1CCCC1C(=O)N(C)Cc1ccccc1. The highest BCUT2D eigenvalue weighted by molar-refractivity contribution is 5.85. The Labute approximate surface area is 151 Å². The fraction of sp³-hybridized carbons (Fsp3) is 0.600. The molecule has 1 aliphatic heterocycles. The molecule has 25 heavy (non-hydrogen) atoms. The highest BCUT2D eigenvalue weighted by atomic mass is 16.2. The molecule has 1 aromatic carbocycles. The lowest BCUT2D eigenvalue weighted by Crippen LogP contribution is -2.53. The molecule has 0 saturated carbocycles. The van der Waals surface area contributed by atoms with E-state index in [1.54, 1.807) is 11.9 Å². The van der Waals surface area contributed by atoms with Gasteiger partial charge in [-0.15, -0.1) is 0 Å². The Balaban J connectivity index is 2.10.